The van der Waals surface area contributed by atoms with Crippen molar-refractivity contribution < 1.29 is 9.53 Å². The average Bonchev–Trinajstić information content (AvgIpc) is 2.74. The molecule has 0 saturated carbocycles. The number of hydrogen-bond acceptors (Lipinski definition) is 3. The molecule has 1 saturated heterocycles. The first-order valence-corrected chi connectivity index (χ1v) is 10.9. The molecule has 6 heteroatoms. The summed E-state index contributed by atoms with van der Waals surface area (Å²) in [6.45, 7) is 6.99. The van der Waals surface area contributed by atoms with Crippen LogP contribution >= 0.6 is 24.0 Å². The van der Waals surface area contributed by atoms with Gasteiger partial charge >= 0.3 is 0 Å². The summed E-state index contributed by atoms with van der Waals surface area (Å²) in [5.41, 5.74) is 1.64. The normalized spacial score (nSPS) is 16.5. The van der Waals surface area contributed by atoms with Crippen molar-refractivity contribution in [2.24, 2.45) is 11.8 Å². The lowest BCUT2D eigenvalue weighted by molar-refractivity contribution is -0.0346. The highest BCUT2D eigenvalue weighted by molar-refractivity contribution is 6.30. The largest absolute Gasteiger partial charge is 0.375 e. The van der Waals surface area contributed by atoms with E-state index < -0.39 is 0 Å². The van der Waals surface area contributed by atoms with Crippen LogP contribution in [0.15, 0.2) is 54.6 Å². The summed E-state index contributed by atoms with van der Waals surface area (Å²) < 4.78 is 6.45. The van der Waals surface area contributed by atoms with Gasteiger partial charge in [0.2, 0.25) is 0 Å². The Labute approximate surface area is 191 Å². The van der Waals surface area contributed by atoms with Crippen molar-refractivity contribution in [2.75, 3.05) is 19.7 Å². The van der Waals surface area contributed by atoms with Gasteiger partial charge in [-0.15, -0.1) is 12.4 Å². The van der Waals surface area contributed by atoms with Gasteiger partial charge in [0, 0.05) is 10.6 Å². The van der Waals surface area contributed by atoms with Crippen LogP contribution in [0.3, 0.4) is 0 Å². The average molecular weight is 451 g/mol. The number of hydrogen-bond donors (Lipinski definition) is 2. The van der Waals surface area contributed by atoms with E-state index in [-0.39, 0.29) is 30.5 Å². The van der Waals surface area contributed by atoms with Crippen molar-refractivity contribution in [3.05, 3.63) is 70.7 Å². The predicted octanol–water partition coefficient (Wildman–Crippen LogP) is 5.27. The number of amides is 1. The standard InChI is InChI=1S/C24H31ClN2O2.ClH/c1-17(2)23(19-12-14-26-15-13-19)29-16-22(18-6-4-3-5-7-18)27-24(28)20-8-10-21(25)11-9-20;/h3-11,17,19,22-23,26H,12-16H2,1-2H3,(H,27,28);1H/t22?,23-;/m1./s1. The van der Waals surface area contributed by atoms with E-state index in [1.165, 1.54) is 0 Å². The van der Waals surface area contributed by atoms with Crippen molar-refractivity contribution in [2.45, 2.75) is 38.8 Å². The first-order chi connectivity index (χ1) is 14.0. The topological polar surface area (TPSA) is 50.4 Å². The zero-order valence-electron chi connectivity index (χ0n) is 17.6. The van der Waals surface area contributed by atoms with E-state index in [0.29, 0.717) is 29.0 Å². The van der Waals surface area contributed by atoms with Gasteiger partial charge in [0.05, 0.1) is 18.8 Å². The van der Waals surface area contributed by atoms with Crippen molar-refractivity contribution in [3.8, 4) is 0 Å². The molecule has 0 spiro atoms. The molecule has 1 fully saturated rings. The van der Waals surface area contributed by atoms with Crippen molar-refractivity contribution in [1.29, 1.82) is 0 Å². The van der Waals surface area contributed by atoms with Crippen LogP contribution in [0.2, 0.25) is 5.02 Å². The van der Waals surface area contributed by atoms with Gasteiger partial charge in [0.15, 0.2) is 0 Å². The van der Waals surface area contributed by atoms with Gasteiger partial charge < -0.3 is 15.4 Å². The third kappa shape index (κ3) is 6.98. The van der Waals surface area contributed by atoms with Gasteiger partial charge in [-0.3, -0.25) is 4.79 Å². The molecule has 0 bridgehead atoms. The van der Waals surface area contributed by atoms with Crippen LogP contribution < -0.4 is 10.6 Å². The van der Waals surface area contributed by atoms with Gasteiger partial charge in [-0.05, 0) is 67.6 Å². The number of carbonyl (C=O) groups is 1. The first-order valence-electron chi connectivity index (χ1n) is 10.5. The summed E-state index contributed by atoms with van der Waals surface area (Å²) in [7, 11) is 0. The monoisotopic (exact) mass is 450 g/mol. The molecule has 2 atom stereocenters. The number of carbonyl (C=O) groups excluding carboxylic acids is 1. The lowest BCUT2D eigenvalue weighted by Gasteiger charge is -2.34. The molecule has 1 amide bonds. The fourth-order valence-electron chi connectivity index (χ4n) is 4.00. The van der Waals surface area contributed by atoms with Crippen LogP contribution in [0.1, 0.15) is 48.7 Å². The molecule has 2 aromatic rings. The smallest absolute Gasteiger partial charge is 0.251 e. The van der Waals surface area contributed by atoms with Gasteiger partial charge in [-0.25, -0.2) is 0 Å². The molecule has 164 valence electrons. The Kier molecular flexibility index (Phi) is 10.1. The fourth-order valence-corrected chi connectivity index (χ4v) is 4.13. The summed E-state index contributed by atoms with van der Waals surface area (Å²) >= 11 is 5.95. The summed E-state index contributed by atoms with van der Waals surface area (Å²) in [5.74, 6) is 0.864. The van der Waals surface area contributed by atoms with Crippen LogP contribution in [0.5, 0.6) is 0 Å². The third-order valence-electron chi connectivity index (χ3n) is 5.57. The second-order valence-corrected chi connectivity index (χ2v) is 8.51. The quantitative estimate of drug-likeness (QED) is 0.575. The molecule has 3 rings (SSSR count). The third-order valence-corrected chi connectivity index (χ3v) is 5.83. The van der Waals surface area contributed by atoms with Crippen LogP contribution in [0, 0.1) is 11.8 Å². The van der Waals surface area contributed by atoms with E-state index in [4.69, 9.17) is 16.3 Å². The van der Waals surface area contributed by atoms with Gasteiger partial charge in [-0.1, -0.05) is 55.8 Å². The minimum absolute atomic E-state index is 0. The van der Waals surface area contributed by atoms with Crippen LogP contribution in [0.25, 0.3) is 0 Å². The van der Waals surface area contributed by atoms with E-state index >= 15 is 0 Å². The number of benzene rings is 2. The van der Waals surface area contributed by atoms with Crippen molar-refractivity contribution >= 4 is 29.9 Å². The number of rotatable bonds is 8. The summed E-state index contributed by atoms with van der Waals surface area (Å²) in [6.07, 6.45) is 2.46. The Balaban J connectivity index is 0.00000320. The lowest BCUT2D eigenvalue weighted by atomic mass is 9.86. The van der Waals surface area contributed by atoms with Crippen molar-refractivity contribution in [1.82, 2.24) is 10.6 Å². The highest BCUT2D eigenvalue weighted by atomic mass is 35.5. The SMILES string of the molecule is CC(C)[C@@H](OCC(NC(=O)c1ccc(Cl)cc1)c1ccccc1)C1CCNCC1.Cl. The summed E-state index contributed by atoms with van der Waals surface area (Å²) in [5, 5.41) is 7.19. The van der Waals surface area contributed by atoms with E-state index in [1.807, 2.05) is 30.3 Å². The molecule has 1 aliphatic rings. The maximum absolute atomic E-state index is 12.8. The Morgan fingerprint density at radius 2 is 1.73 bits per heavy atom. The van der Waals surface area contributed by atoms with E-state index in [2.05, 4.69) is 24.5 Å². The molecule has 4 nitrogen and oxygen atoms in total. The van der Waals surface area contributed by atoms with Gasteiger partial charge in [0.1, 0.15) is 0 Å². The molecule has 0 radical (unpaired) electrons. The molecule has 2 N–H and O–H groups in total. The predicted molar refractivity (Wildman–Crippen MR) is 126 cm³/mol. The number of halogens is 2. The number of nitrogens with one attached hydrogen (secondary N) is 2. The molecule has 1 unspecified atom stereocenters. The molecular formula is C24H32Cl2N2O2. The first kappa shape index (κ1) is 24.7. The Morgan fingerprint density at radius 1 is 1.10 bits per heavy atom. The number of ether oxygens (including phenoxy) is 1. The summed E-state index contributed by atoms with van der Waals surface area (Å²) in [6, 6.07) is 16.8. The number of piperidine rings is 1. The minimum Gasteiger partial charge on any atom is -0.375 e. The van der Waals surface area contributed by atoms with Crippen LogP contribution in [-0.4, -0.2) is 31.7 Å². The Bertz CT molecular complexity index is 763. The Morgan fingerprint density at radius 3 is 2.33 bits per heavy atom. The molecule has 2 aromatic carbocycles. The zero-order valence-corrected chi connectivity index (χ0v) is 19.2. The second kappa shape index (κ2) is 12.3. The maximum atomic E-state index is 12.8. The van der Waals surface area contributed by atoms with E-state index in [9.17, 15) is 4.79 Å². The summed E-state index contributed by atoms with van der Waals surface area (Å²) in [4.78, 5) is 12.8. The fraction of sp³-hybridized carbons (Fsp3) is 0.458. The second-order valence-electron chi connectivity index (χ2n) is 8.07. The van der Waals surface area contributed by atoms with Crippen LogP contribution in [0.4, 0.5) is 0 Å². The highest BCUT2D eigenvalue weighted by Gasteiger charge is 2.28. The minimum atomic E-state index is -0.206. The lowest BCUT2D eigenvalue weighted by Crippen LogP contribution is -2.40. The molecule has 1 heterocycles. The Hall–Kier alpha value is -1.59. The maximum Gasteiger partial charge on any atom is 0.251 e. The highest BCUT2D eigenvalue weighted by Crippen LogP contribution is 2.26. The van der Waals surface area contributed by atoms with E-state index in [0.717, 1.165) is 31.5 Å². The molecule has 1 aliphatic heterocycles. The van der Waals surface area contributed by atoms with Gasteiger partial charge in [-0.2, -0.15) is 0 Å². The zero-order chi connectivity index (χ0) is 20.6. The molecule has 0 aromatic heterocycles. The van der Waals surface area contributed by atoms with Gasteiger partial charge in [0.25, 0.3) is 5.91 Å². The van der Waals surface area contributed by atoms with Crippen LogP contribution in [-0.2, 0) is 4.74 Å². The molecule has 30 heavy (non-hydrogen) atoms. The molecular weight excluding hydrogens is 419 g/mol. The van der Waals surface area contributed by atoms with Crippen molar-refractivity contribution in [3.63, 3.8) is 0 Å². The molecule has 0 aliphatic carbocycles. The van der Waals surface area contributed by atoms with E-state index in [1.54, 1.807) is 24.3 Å².